The molecule has 0 aromatic heterocycles. The Kier molecular flexibility index (Phi) is 7.97. The molecule has 0 rings (SSSR count). The van der Waals surface area contributed by atoms with E-state index in [0.717, 1.165) is 18.9 Å². The molecule has 0 aliphatic rings. The molecule has 2 unspecified atom stereocenters. The summed E-state index contributed by atoms with van der Waals surface area (Å²) >= 11 is 0. The first-order valence-corrected chi connectivity index (χ1v) is 11.0. The van der Waals surface area contributed by atoms with Crippen LogP contribution >= 0.6 is 0 Å². The molecule has 0 spiro atoms. The lowest BCUT2D eigenvalue weighted by Gasteiger charge is -2.35. The highest BCUT2D eigenvalue weighted by molar-refractivity contribution is 6.85. The molecule has 0 saturated heterocycles. The van der Waals surface area contributed by atoms with Gasteiger partial charge in [-0.3, -0.25) is 0 Å². The van der Waals surface area contributed by atoms with E-state index in [4.69, 9.17) is 8.54 Å². The van der Waals surface area contributed by atoms with Gasteiger partial charge >= 0.3 is 17.1 Å². The second-order valence-corrected chi connectivity index (χ2v) is 11.0. The number of hydrogen-bond donors (Lipinski definition) is 1. The Labute approximate surface area is 114 Å². The van der Waals surface area contributed by atoms with Gasteiger partial charge in [0.1, 0.15) is 0 Å². The minimum absolute atomic E-state index is 0.0749. The second-order valence-electron chi connectivity index (χ2n) is 4.83. The van der Waals surface area contributed by atoms with Crippen molar-refractivity contribution in [3.05, 3.63) is 24.6 Å². The minimum Gasteiger partial charge on any atom is -0.408 e. The highest BCUT2D eigenvalue weighted by Gasteiger charge is 2.43. The highest BCUT2D eigenvalue weighted by atomic mass is 28.5. The highest BCUT2D eigenvalue weighted by Crippen LogP contribution is 2.26. The lowest BCUT2D eigenvalue weighted by Crippen LogP contribution is -2.53. The van der Waals surface area contributed by atoms with Crippen molar-refractivity contribution in [1.29, 1.82) is 0 Å². The number of hydrogen-bond acceptors (Lipinski definition) is 3. The first-order chi connectivity index (χ1) is 8.37. The molecule has 0 aliphatic heterocycles. The first kappa shape index (κ1) is 17.8. The Balaban J connectivity index is 5.05. The second kappa shape index (κ2) is 8.06. The van der Waals surface area contributed by atoms with Crippen molar-refractivity contribution in [3.8, 4) is 0 Å². The van der Waals surface area contributed by atoms with E-state index in [0.29, 0.717) is 6.04 Å². The van der Waals surface area contributed by atoms with E-state index < -0.39 is 17.1 Å². The summed E-state index contributed by atoms with van der Waals surface area (Å²) in [6, 6.07) is 1.48. The van der Waals surface area contributed by atoms with E-state index in [-0.39, 0.29) is 6.10 Å². The Bertz CT molecular complexity index is 271. The monoisotopic (exact) mass is 288 g/mol. The van der Waals surface area contributed by atoms with Crippen molar-refractivity contribution in [2.45, 2.75) is 58.7 Å². The van der Waals surface area contributed by atoms with Crippen molar-refractivity contribution in [3.63, 3.8) is 0 Å². The van der Waals surface area contributed by atoms with E-state index in [9.17, 15) is 4.80 Å². The van der Waals surface area contributed by atoms with E-state index in [1.807, 2.05) is 20.8 Å². The van der Waals surface area contributed by atoms with Gasteiger partial charge in [0.05, 0.1) is 0 Å². The van der Waals surface area contributed by atoms with Gasteiger partial charge in [-0.25, -0.2) is 0 Å². The summed E-state index contributed by atoms with van der Waals surface area (Å²) in [5, 5.41) is 0. The van der Waals surface area contributed by atoms with E-state index in [2.05, 4.69) is 20.1 Å². The van der Waals surface area contributed by atoms with Crippen LogP contribution < -0.4 is 0 Å². The molecular weight excluding hydrogens is 260 g/mol. The molecule has 0 aromatic carbocycles. The SMILES string of the molecule is C=C[Si](O)(CCC)O[Si](C=C)(CCC)OC(C)C. The molecule has 0 amide bonds. The molecule has 0 aromatic rings. The molecule has 0 heterocycles. The van der Waals surface area contributed by atoms with Crippen molar-refractivity contribution >= 4 is 17.1 Å². The average molecular weight is 289 g/mol. The summed E-state index contributed by atoms with van der Waals surface area (Å²) in [6.07, 6.45) is 1.91. The van der Waals surface area contributed by atoms with Crippen molar-refractivity contribution in [1.82, 2.24) is 0 Å². The molecule has 106 valence electrons. The van der Waals surface area contributed by atoms with E-state index in [1.54, 1.807) is 11.4 Å². The molecule has 0 radical (unpaired) electrons. The predicted octanol–water partition coefficient (Wildman–Crippen LogP) is 3.58. The summed E-state index contributed by atoms with van der Waals surface area (Å²) in [5.41, 5.74) is 3.40. The van der Waals surface area contributed by atoms with Crippen molar-refractivity contribution in [2.75, 3.05) is 0 Å². The van der Waals surface area contributed by atoms with Gasteiger partial charge in [-0.15, -0.1) is 13.2 Å². The minimum atomic E-state index is -2.85. The molecule has 2 atom stereocenters. The van der Waals surface area contributed by atoms with E-state index >= 15 is 0 Å². The Morgan fingerprint density at radius 1 is 1.11 bits per heavy atom. The third-order valence-corrected chi connectivity index (χ3v) is 9.96. The van der Waals surface area contributed by atoms with Crippen LogP contribution in [-0.4, -0.2) is 28.0 Å². The molecule has 5 heteroatoms. The third kappa shape index (κ3) is 5.62. The maximum absolute atomic E-state index is 10.5. The zero-order valence-electron chi connectivity index (χ0n) is 12.2. The molecule has 0 saturated carbocycles. The molecular formula is C13H28O3Si2. The molecule has 0 bridgehead atoms. The van der Waals surface area contributed by atoms with Gasteiger partial charge < -0.3 is 13.3 Å². The summed E-state index contributed by atoms with van der Waals surface area (Å²) in [7, 11) is -5.38. The van der Waals surface area contributed by atoms with Gasteiger partial charge in [0.15, 0.2) is 0 Å². The predicted molar refractivity (Wildman–Crippen MR) is 81.6 cm³/mol. The van der Waals surface area contributed by atoms with Crippen LogP contribution in [0.25, 0.3) is 0 Å². The summed E-state index contributed by atoms with van der Waals surface area (Å²) < 4.78 is 12.1. The fraction of sp³-hybridized carbons (Fsp3) is 0.692. The van der Waals surface area contributed by atoms with Crippen LogP contribution in [0.2, 0.25) is 12.1 Å². The average Bonchev–Trinajstić information content (AvgIpc) is 2.28. The van der Waals surface area contributed by atoms with Crippen LogP contribution in [0.5, 0.6) is 0 Å². The fourth-order valence-electron chi connectivity index (χ4n) is 1.93. The topological polar surface area (TPSA) is 38.7 Å². The molecule has 0 fully saturated rings. The van der Waals surface area contributed by atoms with Crippen molar-refractivity contribution in [2.24, 2.45) is 0 Å². The lowest BCUT2D eigenvalue weighted by atomic mass is 10.5. The zero-order valence-corrected chi connectivity index (χ0v) is 14.2. The largest absolute Gasteiger partial charge is 0.408 e. The molecule has 3 nitrogen and oxygen atoms in total. The summed E-state index contributed by atoms with van der Waals surface area (Å²) in [5.74, 6) is 0. The van der Waals surface area contributed by atoms with Crippen LogP contribution in [0, 0.1) is 0 Å². The van der Waals surface area contributed by atoms with Gasteiger partial charge in [0, 0.05) is 6.10 Å². The Morgan fingerprint density at radius 3 is 2.00 bits per heavy atom. The van der Waals surface area contributed by atoms with Crippen LogP contribution in [0.1, 0.15) is 40.5 Å². The van der Waals surface area contributed by atoms with Crippen LogP contribution in [-0.2, 0) is 8.54 Å². The zero-order chi connectivity index (χ0) is 14.2. The normalized spacial score (nSPS) is 18.1. The fourth-order valence-corrected chi connectivity index (χ4v) is 8.83. The maximum Gasteiger partial charge on any atom is 0.356 e. The maximum atomic E-state index is 10.5. The smallest absolute Gasteiger partial charge is 0.356 e. The quantitative estimate of drug-likeness (QED) is 0.625. The number of rotatable bonds is 10. The van der Waals surface area contributed by atoms with Gasteiger partial charge in [-0.2, -0.15) is 0 Å². The Hall–Kier alpha value is -0.206. The van der Waals surface area contributed by atoms with Crippen molar-refractivity contribution < 1.29 is 13.3 Å². The Morgan fingerprint density at radius 2 is 1.67 bits per heavy atom. The molecule has 0 aliphatic carbocycles. The van der Waals surface area contributed by atoms with Crippen LogP contribution in [0.15, 0.2) is 24.6 Å². The van der Waals surface area contributed by atoms with Gasteiger partial charge in [0.25, 0.3) is 0 Å². The molecule has 1 N–H and O–H groups in total. The summed E-state index contributed by atoms with van der Waals surface area (Å²) in [6.45, 7) is 15.7. The third-order valence-electron chi connectivity index (χ3n) is 2.62. The van der Waals surface area contributed by atoms with Gasteiger partial charge in [0.2, 0.25) is 0 Å². The molecule has 18 heavy (non-hydrogen) atoms. The summed E-state index contributed by atoms with van der Waals surface area (Å²) in [4.78, 5) is 10.5. The van der Waals surface area contributed by atoms with Crippen LogP contribution in [0.4, 0.5) is 0 Å². The first-order valence-electron chi connectivity index (χ1n) is 6.74. The standard InChI is InChI=1S/C13H28O3Si2/c1-7-11-17(14,9-3)16-18(10-4,12-8-2)15-13(5)6/h9-10,13-14H,3-4,7-8,11-12H2,1-2,5-6H3. The van der Waals surface area contributed by atoms with Gasteiger partial charge in [-0.1, -0.05) is 38.1 Å². The van der Waals surface area contributed by atoms with E-state index in [1.165, 1.54) is 0 Å². The van der Waals surface area contributed by atoms with Gasteiger partial charge in [-0.05, 0) is 25.9 Å². The van der Waals surface area contributed by atoms with Crippen LogP contribution in [0.3, 0.4) is 0 Å². The lowest BCUT2D eigenvalue weighted by molar-refractivity contribution is 0.176.